The van der Waals surface area contributed by atoms with E-state index in [1.165, 1.54) is 6.92 Å². The van der Waals surface area contributed by atoms with Crippen LogP contribution in [0, 0.1) is 0 Å². The molecule has 6 unspecified atom stereocenters. The number of aromatic amines is 1. The van der Waals surface area contributed by atoms with Gasteiger partial charge in [0.1, 0.15) is 24.4 Å². The maximum absolute atomic E-state index is 12.0. The Morgan fingerprint density at radius 2 is 1.89 bits per heavy atom. The number of para-hydroxylation sites is 1. The minimum Gasteiger partial charge on any atom is -0.387 e. The number of benzene rings is 1. The number of hydrogen-bond donors (Lipinski definition) is 3. The topological polar surface area (TPSA) is 140 Å². The van der Waals surface area contributed by atoms with Crippen LogP contribution in [-0.2, 0) is 13.8 Å². The first kappa shape index (κ1) is 19.4. The Morgan fingerprint density at radius 3 is 2.56 bits per heavy atom. The third-order valence-corrected chi connectivity index (χ3v) is 4.90. The highest BCUT2D eigenvalue weighted by atomic mass is 31.1. The van der Waals surface area contributed by atoms with Gasteiger partial charge in [0, 0.05) is 16.8 Å². The monoisotopic (exact) mass is 397 g/mol. The number of H-pyrrole nitrogens is 1. The summed E-state index contributed by atoms with van der Waals surface area (Å²) in [5, 5.41) is 20.4. The Morgan fingerprint density at radius 1 is 1.19 bits per heavy atom. The molecular weight excluding hydrogens is 379 g/mol. The first-order chi connectivity index (χ1) is 12.9. The smallest absolute Gasteiger partial charge is 0.387 e. The maximum atomic E-state index is 12.0. The van der Waals surface area contributed by atoms with Gasteiger partial charge in [-0.3, -0.25) is 14.3 Å². The largest absolute Gasteiger partial charge is 0.750 e. The van der Waals surface area contributed by atoms with Crippen molar-refractivity contribution in [2.45, 2.75) is 37.6 Å². The first-order valence-electron chi connectivity index (χ1n) is 8.07. The molecule has 1 aliphatic heterocycles. The zero-order chi connectivity index (χ0) is 19.6. The first-order valence-corrected chi connectivity index (χ1v) is 9.16. The molecule has 0 amide bonds. The van der Waals surface area contributed by atoms with Crippen molar-refractivity contribution in [1.29, 1.82) is 0 Å². The summed E-state index contributed by atoms with van der Waals surface area (Å²) in [7, 11) is -2.56. The van der Waals surface area contributed by atoms with Gasteiger partial charge in [-0.25, -0.2) is 9.32 Å². The van der Waals surface area contributed by atoms with Gasteiger partial charge in [-0.05, 0) is 19.1 Å². The predicted molar refractivity (Wildman–Crippen MR) is 92.5 cm³/mol. The molecule has 2 aromatic rings. The summed E-state index contributed by atoms with van der Waals surface area (Å²) in [6.45, 7) is 1.49. The number of aliphatic hydroxyl groups is 2. The Hall–Kier alpha value is -2.36. The van der Waals surface area contributed by atoms with Crippen molar-refractivity contribution >= 4 is 8.25 Å². The molecule has 1 aromatic heterocycles. The van der Waals surface area contributed by atoms with Gasteiger partial charge in [0.25, 0.3) is 5.56 Å². The molecule has 1 saturated heterocycles. The number of rotatable bonds is 6. The molecule has 2 heterocycles. The lowest BCUT2D eigenvalue weighted by Gasteiger charge is -2.17. The summed E-state index contributed by atoms with van der Waals surface area (Å²) in [5.74, 6) is 0.344. The number of aliphatic hydroxyl groups excluding tert-OH is 2. The average molecular weight is 397 g/mol. The van der Waals surface area contributed by atoms with Crippen LogP contribution in [0.25, 0.3) is 0 Å². The SMILES string of the molecule is CC(O[P+](=O)Oc1ccccc1)C1OC(n2ccc(=O)[nH]c2=O)C(O)C1O. The van der Waals surface area contributed by atoms with Gasteiger partial charge < -0.3 is 14.9 Å². The van der Waals surface area contributed by atoms with Gasteiger partial charge in [-0.15, -0.1) is 4.52 Å². The highest BCUT2D eigenvalue weighted by molar-refractivity contribution is 7.33. The van der Waals surface area contributed by atoms with E-state index >= 15 is 0 Å². The third kappa shape index (κ3) is 4.32. The van der Waals surface area contributed by atoms with E-state index in [9.17, 15) is 24.4 Å². The summed E-state index contributed by atoms with van der Waals surface area (Å²) in [6.07, 6.45) is -4.98. The summed E-state index contributed by atoms with van der Waals surface area (Å²) >= 11 is 0. The van der Waals surface area contributed by atoms with Crippen molar-refractivity contribution in [2.24, 2.45) is 0 Å². The molecule has 27 heavy (non-hydrogen) atoms. The Labute approximate surface area is 153 Å². The summed E-state index contributed by atoms with van der Waals surface area (Å²) in [5.41, 5.74) is -1.40. The van der Waals surface area contributed by atoms with Crippen LogP contribution in [-0.4, -0.2) is 44.2 Å². The van der Waals surface area contributed by atoms with E-state index in [2.05, 4.69) is 0 Å². The van der Waals surface area contributed by atoms with Crippen molar-refractivity contribution in [2.75, 3.05) is 0 Å². The van der Waals surface area contributed by atoms with Gasteiger partial charge >= 0.3 is 13.9 Å². The zero-order valence-corrected chi connectivity index (χ0v) is 15.1. The Kier molecular flexibility index (Phi) is 5.83. The number of nitrogens with one attached hydrogen (secondary N) is 1. The molecule has 1 aromatic carbocycles. The van der Waals surface area contributed by atoms with Crippen molar-refractivity contribution in [1.82, 2.24) is 9.55 Å². The van der Waals surface area contributed by atoms with E-state index in [1.807, 2.05) is 4.98 Å². The molecule has 3 rings (SSSR count). The van der Waals surface area contributed by atoms with Crippen LogP contribution in [0.2, 0.25) is 0 Å². The number of ether oxygens (including phenoxy) is 1. The molecule has 3 N–H and O–H groups in total. The minimum atomic E-state index is -2.56. The van der Waals surface area contributed by atoms with Crippen molar-refractivity contribution in [3.05, 3.63) is 63.4 Å². The fourth-order valence-electron chi connectivity index (χ4n) is 2.72. The lowest BCUT2D eigenvalue weighted by Crippen LogP contribution is -2.39. The van der Waals surface area contributed by atoms with Crippen LogP contribution in [0.5, 0.6) is 5.75 Å². The lowest BCUT2D eigenvalue weighted by molar-refractivity contribution is -0.0737. The Balaban J connectivity index is 1.68. The number of aromatic nitrogens is 2. The molecule has 0 bridgehead atoms. The molecule has 1 fully saturated rings. The fraction of sp³-hybridized carbons (Fsp3) is 0.375. The average Bonchev–Trinajstić information content (AvgIpc) is 2.91. The van der Waals surface area contributed by atoms with Crippen LogP contribution in [0.1, 0.15) is 13.2 Å². The van der Waals surface area contributed by atoms with E-state index in [0.717, 1.165) is 16.8 Å². The van der Waals surface area contributed by atoms with Crippen LogP contribution < -0.4 is 15.8 Å². The van der Waals surface area contributed by atoms with Crippen molar-refractivity contribution in [3.8, 4) is 5.75 Å². The predicted octanol–water partition coefficient (Wildman–Crippen LogP) is 0.297. The van der Waals surface area contributed by atoms with Crippen molar-refractivity contribution in [3.63, 3.8) is 0 Å². The van der Waals surface area contributed by atoms with Crippen molar-refractivity contribution < 1.29 is 28.6 Å². The number of nitrogens with zero attached hydrogens (tertiary/aromatic N) is 1. The van der Waals surface area contributed by atoms with Gasteiger partial charge in [-0.2, -0.15) is 0 Å². The molecule has 10 nitrogen and oxygen atoms in total. The minimum absolute atomic E-state index is 0.344. The summed E-state index contributed by atoms with van der Waals surface area (Å²) < 4.78 is 28.9. The normalized spacial score (nSPS) is 26.6. The molecule has 0 aliphatic carbocycles. The van der Waals surface area contributed by atoms with E-state index < -0.39 is 50.1 Å². The van der Waals surface area contributed by atoms with Gasteiger partial charge in [-0.1, -0.05) is 18.2 Å². The second-order valence-corrected chi connectivity index (χ2v) is 6.77. The van der Waals surface area contributed by atoms with E-state index in [0.29, 0.717) is 5.75 Å². The lowest BCUT2D eigenvalue weighted by atomic mass is 10.1. The van der Waals surface area contributed by atoms with Crippen LogP contribution in [0.3, 0.4) is 0 Å². The summed E-state index contributed by atoms with van der Waals surface area (Å²) in [6, 6.07) is 9.46. The maximum Gasteiger partial charge on any atom is 0.750 e. The second kappa shape index (κ2) is 8.12. The molecule has 1 aliphatic rings. The zero-order valence-electron chi connectivity index (χ0n) is 14.2. The Bertz CT molecular complexity index is 914. The molecule has 6 atom stereocenters. The highest BCUT2D eigenvalue weighted by Gasteiger charge is 2.49. The molecule has 0 radical (unpaired) electrons. The standard InChI is InChI=1S/C16H17N2O8P/c1-9(25-27(23)26-10-5-3-2-4-6-10)14-12(20)13(21)15(24-14)18-8-7-11(19)17-16(18)22/h2-9,12-15,20-21H,1H3/p+1. The van der Waals surface area contributed by atoms with E-state index in [4.69, 9.17) is 13.8 Å². The van der Waals surface area contributed by atoms with Crippen LogP contribution in [0.15, 0.2) is 52.2 Å². The van der Waals surface area contributed by atoms with Gasteiger partial charge in [0.05, 0.1) is 0 Å². The van der Waals surface area contributed by atoms with Gasteiger partial charge in [0.15, 0.2) is 12.0 Å². The van der Waals surface area contributed by atoms with Gasteiger partial charge in [0.2, 0.25) is 0 Å². The van der Waals surface area contributed by atoms with E-state index in [-0.39, 0.29) is 0 Å². The van der Waals surface area contributed by atoms with E-state index in [1.54, 1.807) is 30.3 Å². The highest BCUT2D eigenvalue weighted by Crippen LogP contribution is 2.35. The van der Waals surface area contributed by atoms with Crippen LogP contribution >= 0.6 is 8.25 Å². The fourth-order valence-corrected chi connectivity index (χ4v) is 3.44. The molecule has 11 heteroatoms. The molecule has 0 saturated carbocycles. The molecule has 0 spiro atoms. The number of hydrogen-bond acceptors (Lipinski definition) is 8. The second-order valence-electron chi connectivity index (χ2n) is 5.93. The molecular formula is C16H18N2O8P+. The third-order valence-electron chi connectivity index (χ3n) is 4.04. The van der Waals surface area contributed by atoms with Crippen LogP contribution in [0.4, 0.5) is 0 Å². The summed E-state index contributed by atoms with van der Waals surface area (Å²) in [4.78, 5) is 25.1. The molecule has 144 valence electrons. The quantitative estimate of drug-likeness (QED) is 0.591.